The van der Waals surface area contributed by atoms with Crippen LogP contribution < -0.4 is 0 Å². The maximum absolute atomic E-state index is 7.21. The second-order valence-corrected chi connectivity index (χ2v) is 32.3. The summed E-state index contributed by atoms with van der Waals surface area (Å²) in [6.07, 6.45) is 4.51. The van der Waals surface area contributed by atoms with Crippen molar-refractivity contribution in [3.63, 3.8) is 0 Å². The Labute approximate surface area is 247 Å². The molecular formula is C31H43Cl2O2Si2Zr. The number of hydrogen-bond acceptors (Lipinski definition) is 2. The summed E-state index contributed by atoms with van der Waals surface area (Å²) in [4.78, 5) is 0. The standard InChI is InChI=1S/C31H43O2Si2.2ClH.Zr/c1-30(2,3)34(7,8)32-28-19-22-15-11-13-17-24(22)26(28)21-27-25-18-14-12-16-23(25)20-29(27)33-35(9,10)31(4,5)6;;;/h11-21,26-27H,1-10H3;2*1H;/q;;;+2/p-2. The molecule has 0 heterocycles. The summed E-state index contributed by atoms with van der Waals surface area (Å²) in [5.74, 6) is 2.12. The Morgan fingerprint density at radius 2 is 1.00 bits per heavy atom. The molecule has 0 fully saturated rings. The summed E-state index contributed by atoms with van der Waals surface area (Å²) in [5.41, 5.74) is 5.00. The molecular weight excluding hydrogens is 623 g/mol. The van der Waals surface area contributed by atoms with Gasteiger partial charge < -0.3 is 0 Å². The van der Waals surface area contributed by atoms with E-state index in [1.807, 2.05) is 0 Å². The summed E-state index contributed by atoms with van der Waals surface area (Å²) in [6.45, 7) is 23.0. The molecule has 0 bridgehead atoms. The summed E-state index contributed by atoms with van der Waals surface area (Å²) in [7, 11) is 10.2. The second kappa shape index (κ2) is 10.7. The van der Waals surface area contributed by atoms with Gasteiger partial charge >= 0.3 is 250 Å². The molecule has 0 radical (unpaired) electrons. The van der Waals surface area contributed by atoms with Crippen LogP contribution in [0.15, 0.2) is 60.0 Å². The predicted octanol–water partition coefficient (Wildman–Crippen LogP) is 11.0. The van der Waals surface area contributed by atoms with Crippen molar-refractivity contribution in [2.24, 2.45) is 0 Å². The van der Waals surface area contributed by atoms with Crippen LogP contribution in [0.4, 0.5) is 0 Å². The Kier molecular flexibility index (Phi) is 8.53. The third-order valence-electron chi connectivity index (χ3n) is 9.20. The van der Waals surface area contributed by atoms with Crippen molar-refractivity contribution < 1.29 is 28.2 Å². The van der Waals surface area contributed by atoms with Gasteiger partial charge in [-0.25, -0.2) is 0 Å². The molecule has 0 N–H and O–H groups in total. The molecule has 2 unspecified atom stereocenters. The molecule has 0 amide bonds. The first-order chi connectivity index (χ1) is 17.4. The Morgan fingerprint density at radius 3 is 1.32 bits per heavy atom. The van der Waals surface area contributed by atoms with E-state index in [2.05, 4.69) is 128 Å². The molecule has 4 rings (SSSR count). The van der Waals surface area contributed by atoms with Crippen molar-refractivity contribution in [1.82, 2.24) is 0 Å². The van der Waals surface area contributed by atoms with E-state index in [4.69, 9.17) is 25.9 Å². The Bertz CT molecular complexity index is 1160. The van der Waals surface area contributed by atoms with E-state index in [0.717, 1.165) is 11.5 Å². The van der Waals surface area contributed by atoms with Gasteiger partial charge in [0.25, 0.3) is 0 Å². The molecule has 2 aliphatic carbocycles. The fraction of sp³-hybridized carbons (Fsp3) is 0.484. The fourth-order valence-corrected chi connectivity index (χ4v) is 13.0. The zero-order valence-corrected chi connectivity index (χ0v) is 30.5. The molecule has 0 saturated heterocycles. The summed E-state index contributed by atoms with van der Waals surface area (Å²) in [5, 5.41) is 0.172. The van der Waals surface area contributed by atoms with Gasteiger partial charge in [-0.3, -0.25) is 0 Å². The zero-order valence-electron chi connectivity index (χ0n) is 24.6. The molecule has 0 saturated carbocycles. The minimum atomic E-state index is -2.96. The topological polar surface area (TPSA) is 18.5 Å². The maximum atomic E-state index is 7.21. The normalized spacial score (nSPS) is 20.3. The Hall–Kier alpha value is -0.583. The van der Waals surface area contributed by atoms with E-state index >= 15 is 0 Å². The first-order valence-electron chi connectivity index (χ1n) is 13.6. The van der Waals surface area contributed by atoms with Gasteiger partial charge in [-0.1, -0.05) is 0 Å². The molecule has 0 aromatic heterocycles. The van der Waals surface area contributed by atoms with Gasteiger partial charge in [0.15, 0.2) is 0 Å². The fourth-order valence-electron chi connectivity index (χ4n) is 4.91. The van der Waals surface area contributed by atoms with E-state index in [0.29, 0.717) is 0 Å². The quantitative estimate of drug-likeness (QED) is 0.274. The third-order valence-corrected chi connectivity index (χ3v) is 23.8. The molecule has 38 heavy (non-hydrogen) atoms. The van der Waals surface area contributed by atoms with Crippen LogP contribution in [-0.2, 0) is 28.2 Å². The van der Waals surface area contributed by atoms with E-state index in [1.54, 1.807) is 0 Å². The van der Waals surface area contributed by atoms with Crippen molar-refractivity contribution in [3.8, 4) is 0 Å². The van der Waals surface area contributed by atoms with Crippen molar-refractivity contribution in [2.45, 2.75) is 93.3 Å². The van der Waals surface area contributed by atoms with E-state index in [9.17, 15) is 0 Å². The number of allylic oxidation sites excluding steroid dienone is 2. The summed E-state index contributed by atoms with van der Waals surface area (Å²) in [6, 6.07) is 17.3. The molecule has 2 atom stereocenters. The van der Waals surface area contributed by atoms with Crippen molar-refractivity contribution in [3.05, 3.63) is 82.3 Å². The van der Waals surface area contributed by atoms with Crippen LogP contribution in [-0.4, -0.2) is 16.6 Å². The first kappa shape index (κ1) is 30.4. The van der Waals surface area contributed by atoms with Gasteiger partial charge in [-0.2, -0.15) is 0 Å². The number of halogens is 2. The first-order valence-corrected chi connectivity index (χ1v) is 27.2. The van der Waals surface area contributed by atoms with Crippen molar-refractivity contribution >= 4 is 45.8 Å². The summed E-state index contributed by atoms with van der Waals surface area (Å²) < 4.78 is 14.2. The second-order valence-electron chi connectivity index (χ2n) is 13.8. The number of hydrogen-bond donors (Lipinski definition) is 0. The van der Waals surface area contributed by atoms with Gasteiger partial charge in [0, 0.05) is 0 Å². The minimum absolute atomic E-state index is 0.0206. The van der Waals surface area contributed by atoms with E-state index in [1.165, 1.54) is 22.3 Å². The molecule has 7 heteroatoms. The molecule has 2 aliphatic rings. The molecule has 205 valence electrons. The van der Waals surface area contributed by atoms with Crippen LogP contribution in [0.2, 0.25) is 39.9 Å². The van der Waals surface area contributed by atoms with Crippen LogP contribution in [0, 0.1) is 0 Å². The van der Waals surface area contributed by atoms with E-state index in [-0.39, 0.29) is 25.5 Å². The van der Waals surface area contributed by atoms with Crippen LogP contribution in [0.25, 0.3) is 12.2 Å². The average Bonchev–Trinajstić information content (AvgIpc) is 3.30. The SMILES string of the molecule is CC(C)(C)[Si](C)(C)OC1=Cc2ccccc2C1[CH](C1C(O[Si](C)(C)C(C)(C)C)=Cc2ccccc21)[Zr]([Cl])[Cl]. The monoisotopic (exact) mass is 663 g/mol. The third kappa shape index (κ3) is 5.75. The van der Waals surface area contributed by atoms with Gasteiger partial charge in [0.1, 0.15) is 0 Å². The van der Waals surface area contributed by atoms with Crippen LogP contribution in [0.3, 0.4) is 0 Å². The Morgan fingerprint density at radius 1 is 0.658 bits per heavy atom. The molecule has 0 spiro atoms. The van der Waals surface area contributed by atoms with Crippen LogP contribution in [0.1, 0.15) is 75.6 Å². The van der Waals surface area contributed by atoms with Crippen molar-refractivity contribution in [1.29, 1.82) is 0 Å². The molecule has 0 aliphatic heterocycles. The van der Waals surface area contributed by atoms with Gasteiger partial charge in [-0.05, 0) is 0 Å². The van der Waals surface area contributed by atoms with E-state index < -0.39 is 36.0 Å². The molecule has 2 nitrogen and oxygen atoms in total. The molecule has 2 aromatic rings. The van der Waals surface area contributed by atoms with Gasteiger partial charge in [-0.15, -0.1) is 0 Å². The van der Waals surface area contributed by atoms with Crippen LogP contribution >= 0.6 is 17.0 Å². The number of benzene rings is 2. The predicted molar refractivity (Wildman–Crippen MR) is 166 cm³/mol. The van der Waals surface area contributed by atoms with Gasteiger partial charge in [0.05, 0.1) is 0 Å². The Balaban J connectivity index is 1.85. The van der Waals surface area contributed by atoms with Gasteiger partial charge in [0.2, 0.25) is 0 Å². The summed E-state index contributed by atoms with van der Waals surface area (Å²) >= 11 is -2.96. The van der Waals surface area contributed by atoms with Crippen LogP contribution in [0.5, 0.6) is 0 Å². The average molecular weight is 666 g/mol. The number of fused-ring (bicyclic) bond motifs is 2. The zero-order chi connectivity index (χ0) is 28.3. The molecule has 2 aromatic carbocycles. The number of rotatable bonds is 7. The van der Waals surface area contributed by atoms with Crippen molar-refractivity contribution in [2.75, 3.05) is 0 Å².